The Balaban J connectivity index is 1.87. The molecule has 108 valence electrons. The zero-order valence-electron chi connectivity index (χ0n) is 12.0. The van der Waals surface area contributed by atoms with Crippen LogP contribution in [0, 0.1) is 6.92 Å². The molecule has 0 spiro atoms. The van der Waals surface area contributed by atoms with Gasteiger partial charge < -0.3 is 10.6 Å². The SMILES string of the molecule is Cc1ccc(C(N)C(=O)N2CCSc3ccccc32)cc1. The van der Waals surface area contributed by atoms with Gasteiger partial charge in [0, 0.05) is 17.2 Å². The van der Waals surface area contributed by atoms with Gasteiger partial charge in [-0.15, -0.1) is 11.8 Å². The van der Waals surface area contributed by atoms with E-state index in [4.69, 9.17) is 5.73 Å². The first-order chi connectivity index (χ1) is 10.2. The predicted molar refractivity (Wildman–Crippen MR) is 87.6 cm³/mol. The Hall–Kier alpha value is -1.78. The van der Waals surface area contributed by atoms with Crippen LogP contribution in [0.2, 0.25) is 0 Å². The van der Waals surface area contributed by atoms with Crippen LogP contribution in [-0.2, 0) is 4.79 Å². The Morgan fingerprint density at radius 2 is 1.90 bits per heavy atom. The number of fused-ring (bicyclic) bond motifs is 1. The van der Waals surface area contributed by atoms with E-state index < -0.39 is 6.04 Å². The Morgan fingerprint density at radius 3 is 2.67 bits per heavy atom. The standard InChI is InChI=1S/C17H18N2OS/c1-12-6-8-13(9-7-12)16(18)17(20)19-10-11-21-15-5-3-2-4-14(15)19/h2-9,16H,10-11,18H2,1H3. The summed E-state index contributed by atoms with van der Waals surface area (Å²) in [5.41, 5.74) is 9.18. The summed E-state index contributed by atoms with van der Waals surface area (Å²) < 4.78 is 0. The average molecular weight is 298 g/mol. The Morgan fingerprint density at radius 1 is 1.19 bits per heavy atom. The van der Waals surface area contributed by atoms with Crippen LogP contribution in [0.1, 0.15) is 17.2 Å². The summed E-state index contributed by atoms with van der Waals surface area (Å²) in [4.78, 5) is 15.7. The van der Waals surface area contributed by atoms with E-state index in [9.17, 15) is 4.79 Å². The van der Waals surface area contributed by atoms with Gasteiger partial charge in [-0.05, 0) is 24.6 Å². The van der Waals surface area contributed by atoms with Crippen molar-refractivity contribution in [2.75, 3.05) is 17.2 Å². The van der Waals surface area contributed by atoms with Crippen LogP contribution >= 0.6 is 11.8 Å². The number of anilines is 1. The van der Waals surface area contributed by atoms with Gasteiger partial charge in [-0.25, -0.2) is 0 Å². The second-order valence-corrected chi connectivity index (χ2v) is 6.33. The fraction of sp³-hybridized carbons (Fsp3) is 0.235. The maximum atomic E-state index is 12.7. The second-order valence-electron chi connectivity index (χ2n) is 5.19. The van der Waals surface area contributed by atoms with E-state index in [2.05, 4.69) is 6.07 Å². The molecule has 0 saturated carbocycles. The smallest absolute Gasteiger partial charge is 0.248 e. The van der Waals surface area contributed by atoms with Crippen LogP contribution < -0.4 is 10.6 Å². The molecule has 2 N–H and O–H groups in total. The summed E-state index contributed by atoms with van der Waals surface area (Å²) in [5.74, 6) is 0.871. The van der Waals surface area contributed by atoms with Crippen molar-refractivity contribution in [1.29, 1.82) is 0 Å². The summed E-state index contributed by atoms with van der Waals surface area (Å²) in [6, 6.07) is 15.2. The van der Waals surface area contributed by atoms with E-state index in [0.29, 0.717) is 6.54 Å². The maximum Gasteiger partial charge on any atom is 0.248 e. The fourth-order valence-electron chi connectivity index (χ4n) is 2.48. The monoisotopic (exact) mass is 298 g/mol. The van der Waals surface area contributed by atoms with Crippen LogP contribution in [0.3, 0.4) is 0 Å². The predicted octanol–water partition coefficient (Wildman–Crippen LogP) is 3.13. The molecule has 2 aromatic carbocycles. The quantitative estimate of drug-likeness (QED) is 0.926. The van der Waals surface area contributed by atoms with E-state index in [0.717, 1.165) is 27.5 Å². The number of thioether (sulfide) groups is 1. The van der Waals surface area contributed by atoms with Crippen molar-refractivity contribution in [2.45, 2.75) is 17.9 Å². The van der Waals surface area contributed by atoms with Crippen molar-refractivity contribution in [2.24, 2.45) is 5.73 Å². The molecule has 1 heterocycles. The number of nitrogens with zero attached hydrogens (tertiary/aromatic N) is 1. The number of hydrogen-bond acceptors (Lipinski definition) is 3. The first-order valence-electron chi connectivity index (χ1n) is 7.02. The molecule has 0 aromatic heterocycles. The maximum absolute atomic E-state index is 12.7. The minimum atomic E-state index is -0.609. The fourth-order valence-corrected chi connectivity index (χ4v) is 3.48. The van der Waals surface area contributed by atoms with Crippen LogP contribution in [0.15, 0.2) is 53.4 Å². The highest BCUT2D eigenvalue weighted by Crippen LogP contribution is 2.35. The third kappa shape index (κ3) is 2.82. The molecule has 1 unspecified atom stereocenters. The van der Waals surface area contributed by atoms with Crippen molar-refractivity contribution in [3.63, 3.8) is 0 Å². The molecule has 0 saturated heterocycles. The lowest BCUT2D eigenvalue weighted by Gasteiger charge is -2.31. The zero-order valence-corrected chi connectivity index (χ0v) is 12.8. The van der Waals surface area contributed by atoms with Crippen LogP contribution in [0.5, 0.6) is 0 Å². The van der Waals surface area contributed by atoms with Crippen molar-refractivity contribution in [3.8, 4) is 0 Å². The number of aryl methyl sites for hydroxylation is 1. The molecule has 1 aliphatic heterocycles. The van der Waals surface area contributed by atoms with Gasteiger partial charge in [0.2, 0.25) is 5.91 Å². The number of benzene rings is 2. The van der Waals surface area contributed by atoms with Crippen molar-refractivity contribution < 1.29 is 4.79 Å². The summed E-state index contributed by atoms with van der Waals surface area (Å²) in [7, 11) is 0. The Labute approximate surface area is 129 Å². The van der Waals surface area contributed by atoms with Crippen molar-refractivity contribution >= 4 is 23.4 Å². The number of amides is 1. The Kier molecular flexibility index (Phi) is 3.99. The number of hydrogen-bond donors (Lipinski definition) is 1. The van der Waals surface area contributed by atoms with Gasteiger partial charge in [-0.2, -0.15) is 0 Å². The third-order valence-electron chi connectivity index (χ3n) is 3.70. The molecule has 0 radical (unpaired) electrons. The summed E-state index contributed by atoms with van der Waals surface area (Å²) in [5, 5.41) is 0. The number of para-hydroxylation sites is 1. The summed E-state index contributed by atoms with van der Waals surface area (Å²) in [6.07, 6.45) is 0. The van der Waals surface area contributed by atoms with Crippen LogP contribution in [0.25, 0.3) is 0 Å². The molecule has 4 heteroatoms. The molecule has 0 fully saturated rings. The Bertz CT molecular complexity index is 654. The molecule has 2 aromatic rings. The van der Waals surface area contributed by atoms with Crippen molar-refractivity contribution in [1.82, 2.24) is 0 Å². The largest absolute Gasteiger partial charge is 0.316 e. The van der Waals surface area contributed by atoms with Gasteiger partial charge in [0.25, 0.3) is 0 Å². The van der Waals surface area contributed by atoms with Gasteiger partial charge in [0.05, 0.1) is 5.69 Å². The molecule has 1 atom stereocenters. The lowest BCUT2D eigenvalue weighted by molar-refractivity contribution is -0.119. The van der Waals surface area contributed by atoms with E-state index in [1.54, 1.807) is 11.8 Å². The van der Waals surface area contributed by atoms with Gasteiger partial charge in [0.15, 0.2) is 0 Å². The number of carbonyl (C=O) groups excluding carboxylic acids is 1. The normalized spacial score (nSPS) is 15.4. The molecular weight excluding hydrogens is 280 g/mol. The van der Waals surface area contributed by atoms with Gasteiger partial charge in [-0.1, -0.05) is 42.0 Å². The topological polar surface area (TPSA) is 46.3 Å². The molecule has 0 bridgehead atoms. The summed E-state index contributed by atoms with van der Waals surface area (Å²) in [6.45, 7) is 2.73. The van der Waals surface area contributed by atoms with Gasteiger partial charge in [0.1, 0.15) is 6.04 Å². The minimum Gasteiger partial charge on any atom is -0.316 e. The number of rotatable bonds is 2. The highest BCUT2D eigenvalue weighted by atomic mass is 32.2. The molecule has 3 rings (SSSR count). The molecule has 3 nitrogen and oxygen atoms in total. The number of carbonyl (C=O) groups is 1. The first kappa shape index (κ1) is 14.2. The van der Waals surface area contributed by atoms with Crippen LogP contribution in [-0.4, -0.2) is 18.2 Å². The zero-order chi connectivity index (χ0) is 14.8. The van der Waals surface area contributed by atoms with Gasteiger partial charge >= 0.3 is 0 Å². The van der Waals surface area contributed by atoms with E-state index in [-0.39, 0.29) is 5.91 Å². The molecule has 0 aliphatic carbocycles. The molecular formula is C17H18N2OS. The number of nitrogens with two attached hydrogens (primary N) is 1. The average Bonchev–Trinajstić information content (AvgIpc) is 2.53. The van der Waals surface area contributed by atoms with E-state index >= 15 is 0 Å². The van der Waals surface area contributed by atoms with Gasteiger partial charge in [-0.3, -0.25) is 4.79 Å². The highest BCUT2D eigenvalue weighted by Gasteiger charge is 2.27. The highest BCUT2D eigenvalue weighted by molar-refractivity contribution is 7.99. The third-order valence-corrected chi connectivity index (χ3v) is 4.74. The van der Waals surface area contributed by atoms with Crippen LogP contribution in [0.4, 0.5) is 5.69 Å². The lowest BCUT2D eigenvalue weighted by atomic mass is 10.0. The van der Waals surface area contributed by atoms with Crippen molar-refractivity contribution in [3.05, 3.63) is 59.7 Å². The minimum absolute atomic E-state index is 0.0356. The van der Waals surface area contributed by atoms with E-state index in [1.807, 2.05) is 54.3 Å². The molecule has 1 aliphatic rings. The first-order valence-corrected chi connectivity index (χ1v) is 8.01. The molecule has 21 heavy (non-hydrogen) atoms. The van der Waals surface area contributed by atoms with E-state index in [1.165, 1.54) is 0 Å². The second kappa shape index (κ2) is 5.92. The lowest BCUT2D eigenvalue weighted by Crippen LogP contribution is -2.41. The summed E-state index contributed by atoms with van der Waals surface area (Å²) >= 11 is 1.78. The molecule has 1 amide bonds.